The molecule has 9 nitrogen and oxygen atoms in total. The largest absolute Gasteiger partial charge is 0.497 e. The summed E-state index contributed by atoms with van der Waals surface area (Å²) in [7, 11) is 1.61. The predicted octanol–water partition coefficient (Wildman–Crippen LogP) is 3.62. The Hall–Kier alpha value is -3.92. The van der Waals surface area contributed by atoms with Crippen molar-refractivity contribution in [3.63, 3.8) is 0 Å². The van der Waals surface area contributed by atoms with E-state index in [1.165, 1.54) is 11.3 Å². The molecule has 194 valence electrons. The molecule has 0 radical (unpaired) electrons. The fourth-order valence-electron chi connectivity index (χ4n) is 4.13. The minimum Gasteiger partial charge on any atom is -0.497 e. The molecule has 1 N–H and O–H groups in total. The van der Waals surface area contributed by atoms with E-state index in [1.54, 1.807) is 34.1 Å². The smallest absolute Gasteiger partial charge is 0.273 e. The first kappa shape index (κ1) is 26.2. The van der Waals surface area contributed by atoms with Gasteiger partial charge in [-0.25, -0.2) is 4.98 Å². The van der Waals surface area contributed by atoms with Crippen molar-refractivity contribution in [1.29, 1.82) is 0 Å². The van der Waals surface area contributed by atoms with Gasteiger partial charge in [-0.1, -0.05) is 36.4 Å². The molecule has 0 unspecified atom stereocenters. The second-order valence-electron chi connectivity index (χ2n) is 8.74. The van der Waals surface area contributed by atoms with Gasteiger partial charge < -0.3 is 24.8 Å². The summed E-state index contributed by atoms with van der Waals surface area (Å²) in [5.74, 6) is 0.496. The summed E-state index contributed by atoms with van der Waals surface area (Å²) in [6.45, 7) is 4.29. The first-order valence-electron chi connectivity index (χ1n) is 12.2. The molecular weight excluding hydrogens is 490 g/mol. The molecule has 1 aliphatic heterocycles. The normalized spacial score (nSPS) is 13.2. The van der Waals surface area contributed by atoms with Crippen LogP contribution in [-0.2, 0) is 16.1 Å². The number of aromatic nitrogens is 1. The summed E-state index contributed by atoms with van der Waals surface area (Å²) in [4.78, 5) is 47.6. The van der Waals surface area contributed by atoms with Crippen molar-refractivity contribution in [3.05, 3.63) is 71.2 Å². The summed E-state index contributed by atoms with van der Waals surface area (Å²) in [6, 6.07) is 17.2. The van der Waals surface area contributed by atoms with E-state index in [9.17, 15) is 14.4 Å². The van der Waals surface area contributed by atoms with E-state index in [0.717, 1.165) is 17.0 Å². The summed E-state index contributed by atoms with van der Waals surface area (Å²) in [6.07, 6.45) is 0.206. The van der Waals surface area contributed by atoms with Crippen LogP contribution in [0.2, 0.25) is 0 Å². The number of hydrogen-bond donors (Lipinski definition) is 1. The number of nitrogens with zero attached hydrogens (tertiary/aromatic N) is 4. The standard InChI is InChI=1S/C27H31N5O4S/c1-20(33)30-13-15-31(16-14-30)25(34)11-12-32(18-21-7-4-3-5-8-21)26(35)24-19-37-27(29-24)28-22-9-6-10-23(17-22)36-2/h3-10,17,19H,11-16,18H2,1-2H3,(H,28,29). The number of carbonyl (C=O) groups excluding carboxylic acids is 3. The van der Waals surface area contributed by atoms with Gasteiger partial charge in [-0.15, -0.1) is 11.3 Å². The Morgan fingerprint density at radius 2 is 1.76 bits per heavy atom. The van der Waals surface area contributed by atoms with Gasteiger partial charge in [-0.05, 0) is 17.7 Å². The number of carbonyl (C=O) groups is 3. The lowest BCUT2D eigenvalue weighted by molar-refractivity contribution is -0.138. The van der Waals surface area contributed by atoms with Crippen molar-refractivity contribution in [3.8, 4) is 5.75 Å². The molecule has 1 aromatic heterocycles. The van der Waals surface area contributed by atoms with Crippen molar-refractivity contribution in [2.45, 2.75) is 19.9 Å². The molecule has 0 saturated carbocycles. The highest BCUT2D eigenvalue weighted by atomic mass is 32.1. The van der Waals surface area contributed by atoms with Gasteiger partial charge in [0.1, 0.15) is 11.4 Å². The molecule has 3 aromatic rings. The van der Waals surface area contributed by atoms with E-state index in [-0.39, 0.29) is 30.7 Å². The lowest BCUT2D eigenvalue weighted by Crippen LogP contribution is -2.50. The van der Waals surface area contributed by atoms with E-state index < -0.39 is 0 Å². The SMILES string of the molecule is COc1cccc(Nc2nc(C(=O)N(CCC(=O)N3CCN(C(C)=O)CC3)Cc3ccccc3)cs2)c1. The zero-order valence-corrected chi connectivity index (χ0v) is 21.9. The van der Waals surface area contributed by atoms with Gasteiger partial charge >= 0.3 is 0 Å². The molecule has 1 fully saturated rings. The number of methoxy groups -OCH3 is 1. The number of amides is 3. The third-order valence-corrected chi connectivity index (χ3v) is 6.98. The van der Waals surface area contributed by atoms with Crippen molar-refractivity contribution < 1.29 is 19.1 Å². The number of ether oxygens (including phenoxy) is 1. The minimum atomic E-state index is -0.229. The number of thiazole rings is 1. The fourth-order valence-corrected chi connectivity index (χ4v) is 4.84. The Morgan fingerprint density at radius 3 is 2.46 bits per heavy atom. The van der Waals surface area contributed by atoms with E-state index >= 15 is 0 Å². The summed E-state index contributed by atoms with van der Waals surface area (Å²) < 4.78 is 5.26. The van der Waals surface area contributed by atoms with Crippen LogP contribution in [0.1, 0.15) is 29.4 Å². The number of nitrogens with one attached hydrogen (secondary N) is 1. The first-order valence-corrected chi connectivity index (χ1v) is 13.0. The molecule has 2 heterocycles. The molecule has 37 heavy (non-hydrogen) atoms. The Balaban J connectivity index is 1.42. The van der Waals surface area contributed by atoms with E-state index in [1.807, 2.05) is 54.6 Å². The van der Waals surface area contributed by atoms with Crippen LogP contribution < -0.4 is 10.1 Å². The Bertz CT molecular complexity index is 1220. The third kappa shape index (κ3) is 7.07. The second kappa shape index (κ2) is 12.4. The van der Waals surface area contributed by atoms with Gasteiger partial charge in [0.05, 0.1) is 7.11 Å². The highest BCUT2D eigenvalue weighted by Gasteiger charge is 2.25. The maximum atomic E-state index is 13.5. The van der Waals surface area contributed by atoms with Crippen LogP contribution in [0, 0.1) is 0 Å². The number of hydrogen-bond acceptors (Lipinski definition) is 7. The van der Waals surface area contributed by atoms with Crippen LogP contribution in [0.5, 0.6) is 5.75 Å². The number of rotatable bonds is 9. The van der Waals surface area contributed by atoms with Crippen LogP contribution in [0.25, 0.3) is 0 Å². The van der Waals surface area contributed by atoms with Crippen LogP contribution in [0.3, 0.4) is 0 Å². The highest BCUT2D eigenvalue weighted by molar-refractivity contribution is 7.14. The average Bonchev–Trinajstić information content (AvgIpc) is 3.39. The monoisotopic (exact) mass is 521 g/mol. The summed E-state index contributed by atoms with van der Waals surface area (Å²) >= 11 is 1.34. The number of piperazine rings is 1. The van der Waals surface area contributed by atoms with E-state index in [2.05, 4.69) is 10.3 Å². The maximum absolute atomic E-state index is 13.5. The molecule has 2 aromatic carbocycles. The summed E-state index contributed by atoms with van der Waals surface area (Å²) in [5, 5.41) is 5.54. The minimum absolute atomic E-state index is 0.0206. The lowest BCUT2D eigenvalue weighted by atomic mass is 10.2. The molecule has 0 spiro atoms. The van der Waals surface area contributed by atoms with Crippen LogP contribution in [0.4, 0.5) is 10.8 Å². The molecule has 0 bridgehead atoms. The lowest BCUT2D eigenvalue weighted by Gasteiger charge is -2.34. The Morgan fingerprint density at radius 1 is 1.03 bits per heavy atom. The van der Waals surface area contributed by atoms with Crippen molar-refractivity contribution in [1.82, 2.24) is 19.7 Å². The quantitative estimate of drug-likeness (QED) is 0.462. The van der Waals surface area contributed by atoms with Gasteiger partial charge in [-0.2, -0.15) is 0 Å². The van der Waals surface area contributed by atoms with Gasteiger partial charge in [0.25, 0.3) is 5.91 Å². The van der Waals surface area contributed by atoms with E-state index in [4.69, 9.17) is 4.74 Å². The van der Waals surface area contributed by atoms with Crippen LogP contribution in [-0.4, -0.2) is 77.2 Å². The van der Waals surface area contributed by atoms with Crippen LogP contribution in [0.15, 0.2) is 60.0 Å². The Labute approximate surface area is 220 Å². The molecule has 4 rings (SSSR count). The number of benzene rings is 2. The van der Waals surface area contributed by atoms with E-state index in [0.29, 0.717) is 43.5 Å². The van der Waals surface area contributed by atoms with Crippen molar-refractivity contribution in [2.24, 2.45) is 0 Å². The fraction of sp³-hybridized carbons (Fsp3) is 0.333. The molecule has 1 aliphatic rings. The molecular formula is C27H31N5O4S. The van der Waals surface area contributed by atoms with Gasteiger partial charge in [-0.3, -0.25) is 14.4 Å². The molecule has 1 saturated heterocycles. The first-order chi connectivity index (χ1) is 17.9. The maximum Gasteiger partial charge on any atom is 0.273 e. The topological polar surface area (TPSA) is 95.1 Å². The van der Waals surface area contributed by atoms with Gasteiger partial charge in [0, 0.05) is 69.7 Å². The average molecular weight is 522 g/mol. The molecule has 0 aliphatic carbocycles. The van der Waals surface area contributed by atoms with Crippen molar-refractivity contribution in [2.75, 3.05) is 45.2 Å². The third-order valence-electron chi connectivity index (χ3n) is 6.22. The van der Waals surface area contributed by atoms with Crippen LogP contribution >= 0.6 is 11.3 Å². The molecule has 3 amide bonds. The highest BCUT2D eigenvalue weighted by Crippen LogP contribution is 2.25. The zero-order chi connectivity index (χ0) is 26.2. The molecule has 0 atom stereocenters. The molecule has 10 heteroatoms. The zero-order valence-electron chi connectivity index (χ0n) is 21.1. The Kier molecular flexibility index (Phi) is 8.73. The van der Waals surface area contributed by atoms with Gasteiger partial charge in [0.2, 0.25) is 11.8 Å². The summed E-state index contributed by atoms with van der Waals surface area (Å²) in [5.41, 5.74) is 2.11. The predicted molar refractivity (Wildman–Crippen MR) is 143 cm³/mol. The van der Waals surface area contributed by atoms with Crippen molar-refractivity contribution >= 4 is 39.9 Å². The second-order valence-corrected chi connectivity index (χ2v) is 9.60. The van der Waals surface area contributed by atoms with Gasteiger partial charge in [0.15, 0.2) is 5.13 Å². The number of anilines is 2.